The van der Waals surface area contributed by atoms with Crippen molar-refractivity contribution in [2.75, 3.05) is 13.6 Å². The Morgan fingerprint density at radius 1 is 1.26 bits per heavy atom. The number of carbonyl (C=O) groups excluding carboxylic acids is 1. The molecule has 7 nitrogen and oxygen atoms in total. The van der Waals surface area contributed by atoms with E-state index >= 15 is 0 Å². The summed E-state index contributed by atoms with van der Waals surface area (Å²) in [4.78, 5) is 21.8. The van der Waals surface area contributed by atoms with Gasteiger partial charge in [0.2, 0.25) is 10.0 Å². The van der Waals surface area contributed by atoms with Crippen LogP contribution in [0.5, 0.6) is 0 Å². The van der Waals surface area contributed by atoms with Crippen LogP contribution in [0.25, 0.3) is 11.0 Å². The first-order valence-electron chi connectivity index (χ1n) is 8.13. The highest BCUT2D eigenvalue weighted by Crippen LogP contribution is 2.15. The molecule has 8 heteroatoms. The van der Waals surface area contributed by atoms with E-state index in [0.29, 0.717) is 5.82 Å². The zero-order chi connectivity index (χ0) is 19.4. The average Bonchev–Trinajstić information content (AvgIpc) is 3.08. The second kappa shape index (κ2) is 7.61. The lowest BCUT2D eigenvalue weighted by atomic mass is 10.2. The summed E-state index contributed by atoms with van der Waals surface area (Å²) in [6.45, 7) is 0.145. The molecule has 27 heavy (non-hydrogen) atoms. The van der Waals surface area contributed by atoms with Gasteiger partial charge in [-0.3, -0.25) is 4.79 Å². The van der Waals surface area contributed by atoms with Gasteiger partial charge < -0.3 is 9.88 Å². The minimum atomic E-state index is -3.76. The maximum Gasteiger partial charge on any atom is 0.254 e. The Kier molecular flexibility index (Phi) is 5.26. The molecule has 3 aromatic rings. The Hall–Kier alpha value is -3.15. The predicted molar refractivity (Wildman–Crippen MR) is 102 cm³/mol. The summed E-state index contributed by atoms with van der Waals surface area (Å²) in [6, 6.07) is 13.4. The monoisotopic (exact) mass is 382 g/mol. The van der Waals surface area contributed by atoms with E-state index in [1.807, 2.05) is 24.3 Å². The zero-order valence-electron chi connectivity index (χ0n) is 14.6. The maximum absolute atomic E-state index is 12.7. The number of amides is 1. The quantitative estimate of drug-likeness (QED) is 0.635. The van der Waals surface area contributed by atoms with Crippen molar-refractivity contribution in [2.45, 2.75) is 11.4 Å². The summed E-state index contributed by atoms with van der Waals surface area (Å²) in [5, 5.41) is 0. The lowest BCUT2D eigenvalue weighted by Crippen LogP contribution is -2.28. The van der Waals surface area contributed by atoms with E-state index in [0.717, 1.165) is 11.0 Å². The normalized spacial score (nSPS) is 11.3. The predicted octanol–water partition coefficient (Wildman–Crippen LogP) is 1.75. The van der Waals surface area contributed by atoms with Crippen LogP contribution in [-0.4, -0.2) is 42.8 Å². The van der Waals surface area contributed by atoms with Crippen molar-refractivity contribution in [3.63, 3.8) is 0 Å². The third-order valence-corrected chi connectivity index (χ3v) is 5.33. The van der Waals surface area contributed by atoms with E-state index in [1.54, 1.807) is 13.1 Å². The molecule has 0 saturated heterocycles. The van der Waals surface area contributed by atoms with Gasteiger partial charge in [-0.15, -0.1) is 6.42 Å². The molecule has 0 aliphatic carbocycles. The van der Waals surface area contributed by atoms with E-state index < -0.39 is 10.0 Å². The van der Waals surface area contributed by atoms with Crippen molar-refractivity contribution in [1.29, 1.82) is 0 Å². The molecular formula is C19H18N4O3S. The maximum atomic E-state index is 12.7. The van der Waals surface area contributed by atoms with E-state index in [2.05, 4.69) is 20.6 Å². The van der Waals surface area contributed by atoms with Gasteiger partial charge in [0.25, 0.3) is 5.91 Å². The number of para-hydroxylation sites is 2. The number of aromatic nitrogens is 2. The molecular weight excluding hydrogens is 364 g/mol. The number of nitrogens with one attached hydrogen (secondary N) is 2. The molecule has 138 valence electrons. The molecule has 0 spiro atoms. The molecule has 0 aliphatic rings. The number of carbonyl (C=O) groups is 1. The van der Waals surface area contributed by atoms with Crippen molar-refractivity contribution in [2.24, 2.45) is 0 Å². The highest BCUT2D eigenvalue weighted by atomic mass is 32.2. The highest BCUT2D eigenvalue weighted by Gasteiger charge is 2.18. The topological polar surface area (TPSA) is 95.2 Å². The van der Waals surface area contributed by atoms with E-state index in [1.165, 1.54) is 23.1 Å². The lowest BCUT2D eigenvalue weighted by Gasteiger charge is -2.16. The number of nitrogens with zero attached hydrogens (tertiary/aromatic N) is 2. The lowest BCUT2D eigenvalue weighted by molar-refractivity contribution is 0.0781. The van der Waals surface area contributed by atoms with E-state index in [9.17, 15) is 13.2 Å². The summed E-state index contributed by atoms with van der Waals surface area (Å²) >= 11 is 0. The van der Waals surface area contributed by atoms with Crippen molar-refractivity contribution >= 4 is 27.0 Å². The van der Waals surface area contributed by atoms with Gasteiger partial charge >= 0.3 is 0 Å². The molecule has 2 N–H and O–H groups in total. The average molecular weight is 382 g/mol. The van der Waals surface area contributed by atoms with Crippen LogP contribution in [-0.2, 0) is 16.6 Å². The van der Waals surface area contributed by atoms with Crippen LogP contribution >= 0.6 is 0 Å². The van der Waals surface area contributed by atoms with Crippen LogP contribution in [0.15, 0.2) is 53.4 Å². The Morgan fingerprint density at radius 3 is 2.78 bits per heavy atom. The second-order valence-corrected chi connectivity index (χ2v) is 7.69. The standard InChI is InChI=1S/C19H18N4O3S/c1-3-11-20-27(25,26)15-8-6-7-14(12-15)19(24)23(2)13-18-21-16-9-4-5-10-17(16)22-18/h1,4-10,12,20H,11,13H2,2H3,(H,21,22). The van der Waals surface area contributed by atoms with Crippen LogP contribution in [0.3, 0.4) is 0 Å². The third kappa shape index (κ3) is 4.16. The van der Waals surface area contributed by atoms with Crippen molar-refractivity contribution in [1.82, 2.24) is 19.6 Å². The molecule has 0 saturated carbocycles. The van der Waals surface area contributed by atoms with E-state index in [-0.39, 0.29) is 29.5 Å². The van der Waals surface area contributed by atoms with Crippen LogP contribution in [0.1, 0.15) is 16.2 Å². The third-order valence-electron chi connectivity index (χ3n) is 3.93. The first kappa shape index (κ1) is 18.6. The number of aromatic amines is 1. The Labute approximate surface area is 157 Å². The van der Waals surface area contributed by atoms with Gasteiger partial charge in [0.1, 0.15) is 5.82 Å². The smallest absolute Gasteiger partial charge is 0.254 e. The Morgan fingerprint density at radius 2 is 2.04 bits per heavy atom. The highest BCUT2D eigenvalue weighted by molar-refractivity contribution is 7.89. The number of benzene rings is 2. The van der Waals surface area contributed by atoms with Crippen molar-refractivity contribution < 1.29 is 13.2 Å². The van der Waals surface area contributed by atoms with Gasteiger partial charge in [-0.25, -0.2) is 13.4 Å². The number of terminal acetylenes is 1. The summed E-state index contributed by atoms with van der Waals surface area (Å²) in [7, 11) is -2.13. The molecule has 0 radical (unpaired) electrons. The number of hydrogen-bond donors (Lipinski definition) is 2. The minimum Gasteiger partial charge on any atom is -0.340 e. The summed E-state index contributed by atoms with van der Waals surface area (Å²) < 4.78 is 26.6. The van der Waals surface area contributed by atoms with Gasteiger partial charge in [0.05, 0.1) is 29.0 Å². The zero-order valence-corrected chi connectivity index (χ0v) is 15.5. The molecule has 1 amide bonds. The SMILES string of the molecule is C#CCNS(=O)(=O)c1cccc(C(=O)N(C)Cc2nc3ccccc3[nH]2)c1. The van der Waals surface area contributed by atoms with Crippen LogP contribution < -0.4 is 4.72 Å². The molecule has 3 rings (SSSR count). The molecule has 1 heterocycles. The van der Waals surface area contributed by atoms with Gasteiger partial charge in [0, 0.05) is 12.6 Å². The van der Waals surface area contributed by atoms with Gasteiger partial charge in [-0.05, 0) is 30.3 Å². The number of sulfonamides is 1. The van der Waals surface area contributed by atoms with Gasteiger partial charge in [-0.2, -0.15) is 4.72 Å². The Bertz CT molecular complexity index is 1100. The van der Waals surface area contributed by atoms with Crippen LogP contribution in [0.2, 0.25) is 0 Å². The summed E-state index contributed by atoms with van der Waals surface area (Å²) in [5.41, 5.74) is 1.97. The number of H-pyrrole nitrogens is 1. The van der Waals surface area contributed by atoms with Gasteiger partial charge in [-0.1, -0.05) is 24.1 Å². The van der Waals surface area contributed by atoms with Gasteiger partial charge in [0.15, 0.2) is 0 Å². The Balaban J connectivity index is 1.78. The molecule has 0 atom stereocenters. The molecule has 1 aromatic heterocycles. The summed E-state index contributed by atoms with van der Waals surface area (Å²) in [5.74, 6) is 2.54. The second-order valence-electron chi connectivity index (χ2n) is 5.92. The molecule has 0 aliphatic heterocycles. The minimum absolute atomic E-state index is 0.0132. The molecule has 0 fully saturated rings. The van der Waals surface area contributed by atoms with Crippen LogP contribution in [0, 0.1) is 12.3 Å². The fraction of sp³-hybridized carbons (Fsp3) is 0.158. The molecule has 2 aromatic carbocycles. The number of hydrogen-bond acceptors (Lipinski definition) is 4. The molecule has 0 unspecified atom stereocenters. The van der Waals surface area contributed by atoms with E-state index in [4.69, 9.17) is 6.42 Å². The number of imidazole rings is 1. The molecule has 0 bridgehead atoms. The van der Waals surface area contributed by atoms with Crippen molar-refractivity contribution in [3.05, 3.63) is 59.9 Å². The number of fused-ring (bicyclic) bond motifs is 1. The fourth-order valence-electron chi connectivity index (χ4n) is 2.61. The largest absolute Gasteiger partial charge is 0.340 e. The van der Waals surface area contributed by atoms with Crippen LogP contribution in [0.4, 0.5) is 0 Å². The number of rotatable bonds is 6. The van der Waals surface area contributed by atoms with Crippen molar-refractivity contribution in [3.8, 4) is 12.3 Å². The summed E-state index contributed by atoms with van der Waals surface area (Å²) in [6.07, 6.45) is 5.09. The first-order chi connectivity index (χ1) is 12.9. The first-order valence-corrected chi connectivity index (χ1v) is 9.61. The fourth-order valence-corrected chi connectivity index (χ4v) is 3.59.